The van der Waals surface area contributed by atoms with Crippen LogP contribution in [-0.4, -0.2) is 39.3 Å². The molecule has 0 saturated carbocycles. The SMILES string of the molecule is O=C(O)c1cc(Cl)cc(S(=O)(=O)NCC2CCOC2)c1F. The molecule has 1 fully saturated rings. The van der Waals surface area contributed by atoms with E-state index in [1.165, 1.54) is 0 Å². The summed E-state index contributed by atoms with van der Waals surface area (Å²) in [5.41, 5.74) is -0.785. The van der Waals surface area contributed by atoms with Crippen LogP contribution in [0.5, 0.6) is 0 Å². The highest BCUT2D eigenvalue weighted by Crippen LogP contribution is 2.24. The third-order valence-corrected chi connectivity index (χ3v) is 4.75. The molecule has 9 heteroatoms. The number of hydrogen-bond acceptors (Lipinski definition) is 4. The second-order valence-electron chi connectivity index (χ2n) is 4.65. The van der Waals surface area contributed by atoms with Crippen molar-refractivity contribution in [1.29, 1.82) is 0 Å². The molecule has 6 nitrogen and oxygen atoms in total. The van der Waals surface area contributed by atoms with E-state index in [1.54, 1.807) is 0 Å². The molecule has 2 N–H and O–H groups in total. The average molecular weight is 338 g/mol. The first-order valence-corrected chi connectivity index (χ1v) is 7.97. The third kappa shape index (κ3) is 3.70. The van der Waals surface area contributed by atoms with Crippen molar-refractivity contribution in [1.82, 2.24) is 4.72 Å². The number of rotatable bonds is 5. The van der Waals surface area contributed by atoms with Crippen LogP contribution in [0.2, 0.25) is 5.02 Å². The van der Waals surface area contributed by atoms with E-state index in [1.807, 2.05) is 0 Å². The minimum Gasteiger partial charge on any atom is -0.478 e. The number of halogens is 2. The second-order valence-corrected chi connectivity index (χ2v) is 6.82. The van der Waals surface area contributed by atoms with E-state index >= 15 is 0 Å². The lowest BCUT2D eigenvalue weighted by molar-refractivity contribution is 0.0691. The smallest absolute Gasteiger partial charge is 0.338 e. The fourth-order valence-electron chi connectivity index (χ4n) is 1.97. The zero-order chi connectivity index (χ0) is 15.6. The van der Waals surface area contributed by atoms with Crippen molar-refractivity contribution in [2.45, 2.75) is 11.3 Å². The summed E-state index contributed by atoms with van der Waals surface area (Å²) in [6.45, 7) is 1.08. The molecular weight excluding hydrogens is 325 g/mol. The molecule has 1 atom stereocenters. The molecule has 1 unspecified atom stereocenters. The molecule has 1 aliphatic heterocycles. The average Bonchev–Trinajstić information content (AvgIpc) is 2.91. The lowest BCUT2D eigenvalue weighted by Gasteiger charge is -2.12. The van der Waals surface area contributed by atoms with Gasteiger partial charge in [0.15, 0.2) is 5.82 Å². The van der Waals surface area contributed by atoms with Crippen LogP contribution >= 0.6 is 11.6 Å². The maximum Gasteiger partial charge on any atom is 0.338 e. The number of carbonyl (C=O) groups is 1. The van der Waals surface area contributed by atoms with E-state index in [-0.39, 0.29) is 17.5 Å². The molecule has 1 aliphatic rings. The van der Waals surface area contributed by atoms with Crippen LogP contribution < -0.4 is 4.72 Å². The Balaban J connectivity index is 2.28. The Hall–Kier alpha value is -1.22. The maximum absolute atomic E-state index is 14.0. The first-order valence-electron chi connectivity index (χ1n) is 6.11. The van der Waals surface area contributed by atoms with Gasteiger partial charge >= 0.3 is 5.97 Å². The highest BCUT2D eigenvalue weighted by Gasteiger charge is 2.26. The number of ether oxygens (including phenoxy) is 1. The summed E-state index contributed by atoms with van der Waals surface area (Å²) in [5, 5.41) is 8.68. The number of hydrogen-bond donors (Lipinski definition) is 2. The highest BCUT2D eigenvalue weighted by atomic mass is 35.5. The summed E-state index contributed by atoms with van der Waals surface area (Å²) in [6.07, 6.45) is 0.709. The van der Waals surface area contributed by atoms with Crippen molar-refractivity contribution >= 4 is 27.6 Å². The summed E-state index contributed by atoms with van der Waals surface area (Å²) in [6, 6.07) is 1.75. The van der Waals surface area contributed by atoms with Crippen LogP contribution in [0.25, 0.3) is 0 Å². The molecule has 21 heavy (non-hydrogen) atoms. The van der Waals surface area contributed by atoms with Crippen LogP contribution in [0.4, 0.5) is 4.39 Å². The monoisotopic (exact) mass is 337 g/mol. The van der Waals surface area contributed by atoms with Gasteiger partial charge in [-0.05, 0) is 24.5 Å². The van der Waals surface area contributed by atoms with Gasteiger partial charge < -0.3 is 9.84 Å². The number of benzene rings is 1. The Bertz CT molecular complexity index is 658. The van der Waals surface area contributed by atoms with Gasteiger partial charge in [-0.15, -0.1) is 0 Å². The molecule has 0 bridgehead atoms. The summed E-state index contributed by atoms with van der Waals surface area (Å²) >= 11 is 5.66. The number of nitrogens with one attached hydrogen (secondary N) is 1. The summed E-state index contributed by atoms with van der Waals surface area (Å²) in [7, 11) is -4.19. The number of sulfonamides is 1. The summed E-state index contributed by atoms with van der Waals surface area (Å²) in [4.78, 5) is 10.1. The van der Waals surface area contributed by atoms with Crippen molar-refractivity contribution in [2.75, 3.05) is 19.8 Å². The van der Waals surface area contributed by atoms with E-state index in [9.17, 15) is 17.6 Å². The topological polar surface area (TPSA) is 92.7 Å². The Morgan fingerprint density at radius 3 is 2.81 bits per heavy atom. The standard InChI is InChI=1S/C12H13ClFNO5S/c13-8-3-9(12(16)17)11(14)10(4-8)21(18,19)15-5-7-1-2-20-6-7/h3-4,7,15H,1-2,5-6H2,(H,16,17). The second kappa shape index (κ2) is 6.27. The van der Waals surface area contributed by atoms with Gasteiger partial charge in [-0.2, -0.15) is 0 Å². The van der Waals surface area contributed by atoms with Gasteiger partial charge in [-0.3, -0.25) is 0 Å². The molecular formula is C12H13ClFNO5S. The van der Waals surface area contributed by atoms with Crippen molar-refractivity contribution in [3.05, 3.63) is 28.5 Å². The molecule has 1 aromatic rings. The zero-order valence-electron chi connectivity index (χ0n) is 10.8. The van der Waals surface area contributed by atoms with Crippen LogP contribution in [0.3, 0.4) is 0 Å². The normalized spacial score (nSPS) is 18.9. The van der Waals surface area contributed by atoms with Crippen molar-refractivity contribution < 1.29 is 27.4 Å². The third-order valence-electron chi connectivity index (χ3n) is 3.11. The van der Waals surface area contributed by atoms with Crippen LogP contribution in [0.1, 0.15) is 16.8 Å². The summed E-state index contributed by atoms with van der Waals surface area (Å²) in [5.74, 6) is -2.90. The van der Waals surface area contributed by atoms with E-state index < -0.39 is 32.3 Å². The van der Waals surface area contributed by atoms with E-state index in [0.29, 0.717) is 19.6 Å². The first-order chi connectivity index (χ1) is 9.81. The Labute approximate surface area is 125 Å². The largest absolute Gasteiger partial charge is 0.478 e. The lowest BCUT2D eigenvalue weighted by Crippen LogP contribution is -2.30. The van der Waals surface area contributed by atoms with Crippen molar-refractivity contribution in [2.24, 2.45) is 5.92 Å². The molecule has 0 amide bonds. The molecule has 0 aliphatic carbocycles. The molecule has 0 spiro atoms. The Morgan fingerprint density at radius 2 is 2.24 bits per heavy atom. The van der Waals surface area contributed by atoms with E-state index in [4.69, 9.17) is 21.4 Å². The number of carboxylic acids is 1. The van der Waals surface area contributed by atoms with Gasteiger partial charge in [0.05, 0.1) is 12.2 Å². The molecule has 1 aromatic carbocycles. The molecule has 0 radical (unpaired) electrons. The van der Waals surface area contributed by atoms with Crippen LogP contribution in [0, 0.1) is 11.7 Å². The first kappa shape index (κ1) is 16.2. The Kier molecular flexibility index (Phi) is 4.82. The van der Waals surface area contributed by atoms with E-state index in [0.717, 1.165) is 12.1 Å². The summed E-state index contributed by atoms with van der Waals surface area (Å²) < 4.78 is 45.6. The fraction of sp³-hybridized carbons (Fsp3) is 0.417. The number of carboxylic acid groups (broad SMARTS) is 1. The molecule has 116 valence electrons. The van der Waals surface area contributed by atoms with Crippen LogP contribution in [0.15, 0.2) is 17.0 Å². The van der Waals surface area contributed by atoms with Gasteiger partial charge in [0.1, 0.15) is 4.90 Å². The maximum atomic E-state index is 14.0. The van der Waals surface area contributed by atoms with Gasteiger partial charge in [-0.25, -0.2) is 22.3 Å². The minimum absolute atomic E-state index is 0.0148. The zero-order valence-corrected chi connectivity index (χ0v) is 12.4. The fourth-order valence-corrected chi connectivity index (χ4v) is 3.49. The van der Waals surface area contributed by atoms with Gasteiger partial charge in [0.25, 0.3) is 0 Å². The van der Waals surface area contributed by atoms with Gasteiger partial charge in [0.2, 0.25) is 10.0 Å². The predicted molar refractivity (Wildman–Crippen MR) is 72.5 cm³/mol. The predicted octanol–water partition coefficient (Wildman–Crippen LogP) is 1.49. The molecule has 2 rings (SSSR count). The van der Waals surface area contributed by atoms with Gasteiger partial charge in [-0.1, -0.05) is 11.6 Å². The Morgan fingerprint density at radius 1 is 1.52 bits per heavy atom. The minimum atomic E-state index is -4.19. The van der Waals surface area contributed by atoms with Crippen molar-refractivity contribution in [3.63, 3.8) is 0 Å². The molecule has 1 saturated heterocycles. The molecule has 0 aromatic heterocycles. The highest BCUT2D eigenvalue weighted by molar-refractivity contribution is 7.89. The van der Waals surface area contributed by atoms with E-state index in [2.05, 4.69) is 4.72 Å². The number of aromatic carboxylic acids is 1. The quantitative estimate of drug-likeness (QED) is 0.849. The van der Waals surface area contributed by atoms with Gasteiger partial charge in [0, 0.05) is 18.2 Å². The van der Waals surface area contributed by atoms with Crippen molar-refractivity contribution in [3.8, 4) is 0 Å². The van der Waals surface area contributed by atoms with Crippen LogP contribution in [-0.2, 0) is 14.8 Å². The lowest BCUT2D eigenvalue weighted by atomic mass is 10.1. The molecule has 1 heterocycles.